The number of fused-ring (bicyclic) bond motifs is 1. The zero-order valence-corrected chi connectivity index (χ0v) is 15.0. The third kappa shape index (κ3) is 3.35. The number of carbonyl (C=O) groups is 2. The number of benzene rings is 2. The van der Waals surface area contributed by atoms with Gasteiger partial charge in [-0.15, -0.1) is 11.8 Å². The topological polar surface area (TPSA) is 67.9 Å². The van der Waals surface area contributed by atoms with Crippen LogP contribution in [0.2, 0.25) is 0 Å². The van der Waals surface area contributed by atoms with Crippen molar-refractivity contribution in [3.63, 3.8) is 0 Å². The Bertz CT molecular complexity index is 853. The largest absolute Gasteiger partial charge is 0.454 e. The first kappa shape index (κ1) is 16.8. The van der Waals surface area contributed by atoms with E-state index in [9.17, 15) is 9.59 Å². The summed E-state index contributed by atoms with van der Waals surface area (Å²) < 4.78 is 10.8. The van der Waals surface area contributed by atoms with Crippen LogP contribution in [-0.2, 0) is 16.1 Å². The number of ether oxygens (including phenoxy) is 2. The predicted octanol–water partition coefficient (Wildman–Crippen LogP) is 3.15. The molecule has 0 aliphatic carbocycles. The van der Waals surface area contributed by atoms with Crippen molar-refractivity contribution in [3.05, 3.63) is 53.6 Å². The highest BCUT2D eigenvalue weighted by atomic mass is 32.2. The first-order valence-electron chi connectivity index (χ1n) is 8.27. The summed E-state index contributed by atoms with van der Waals surface area (Å²) in [6, 6.07) is 13.4. The highest BCUT2D eigenvalue weighted by Gasteiger charge is 2.33. The van der Waals surface area contributed by atoms with Crippen molar-refractivity contribution >= 4 is 29.3 Å². The molecule has 2 heterocycles. The number of hydrogen-bond donors (Lipinski definition) is 1. The van der Waals surface area contributed by atoms with E-state index in [0.717, 1.165) is 28.3 Å². The maximum atomic E-state index is 12.4. The van der Waals surface area contributed by atoms with Gasteiger partial charge in [-0.3, -0.25) is 9.59 Å². The minimum absolute atomic E-state index is 0.0423. The van der Waals surface area contributed by atoms with Crippen molar-refractivity contribution < 1.29 is 19.1 Å². The molecule has 2 aliphatic heterocycles. The lowest BCUT2D eigenvalue weighted by Crippen LogP contribution is -2.27. The number of amides is 2. The third-order valence-electron chi connectivity index (χ3n) is 4.27. The lowest BCUT2D eigenvalue weighted by atomic mass is 10.1. The van der Waals surface area contributed by atoms with Gasteiger partial charge in [0.1, 0.15) is 5.37 Å². The monoisotopic (exact) mass is 370 g/mol. The average Bonchev–Trinajstić information content (AvgIpc) is 3.22. The van der Waals surface area contributed by atoms with Crippen molar-refractivity contribution in [2.45, 2.75) is 18.8 Å². The fourth-order valence-corrected chi connectivity index (χ4v) is 4.26. The van der Waals surface area contributed by atoms with Crippen LogP contribution in [0.1, 0.15) is 23.4 Å². The Hall–Kier alpha value is -2.67. The zero-order valence-electron chi connectivity index (χ0n) is 14.2. The van der Waals surface area contributed by atoms with E-state index in [4.69, 9.17) is 9.47 Å². The summed E-state index contributed by atoms with van der Waals surface area (Å²) >= 11 is 1.61. The Morgan fingerprint density at radius 3 is 2.73 bits per heavy atom. The van der Waals surface area contributed by atoms with Crippen molar-refractivity contribution in [2.24, 2.45) is 0 Å². The summed E-state index contributed by atoms with van der Waals surface area (Å²) in [5.74, 6) is 1.93. The molecule has 1 atom stereocenters. The molecule has 6 nitrogen and oxygen atoms in total. The van der Waals surface area contributed by atoms with Gasteiger partial charge in [-0.05, 0) is 35.4 Å². The van der Waals surface area contributed by atoms with Gasteiger partial charge in [-0.25, -0.2) is 0 Å². The Morgan fingerprint density at radius 1 is 1.19 bits per heavy atom. The summed E-state index contributed by atoms with van der Waals surface area (Å²) in [7, 11) is 0. The van der Waals surface area contributed by atoms with Crippen molar-refractivity contribution in [1.29, 1.82) is 0 Å². The Morgan fingerprint density at radius 2 is 1.96 bits per heavy atom. The van der Waals surface area contributed by atoms with E-state index in [0.29, 0.717) is 12.3 Å². The second-order valence-corrected chi connectivity index (χ2v) is 7.24. The molecule has 1 fully saturated rings. The first-order valence-corrected chi connectivity index (χ1v) is 9.32. The van der Waals surface area contributed by atoms with E-state index in [1.807, 2.05) is 47.4 Å². The van der Waals surface area contributed by atoms with Gasteiger partial charge in [0.25, 0.3) is 0 Å². The van der Waals surface area contributed by atoms with Gasteiger partial charge in [-0.1, -0.05) is 18.2 Å². The molecular formula is C19H18N2O4S. The van der Waals surface area contributed by atoms with E-state index in [2.05, 4.69) is 5.32 Å². The minimum atomic E-state index is -0.104. The molecule has 26 heavy (non-hydrogen) atoms. The predicted molar refractivity (Wildman–Crippen MR) is 99.1 cm³/mol. The van der Waals surface area contributed by atoms with Crippen LogP contribution in [0, 0.1) is 0 Å². The number of thioether (sulfide) groups is 1. The number of hydrogen-bond acceptors (Lipinski definition) is 5. The van der Waals surface area contributed by atoms with Gasteiger partial charge in [0.15, 0.2) is 11.5 Å². The SMILES string of the molecule is CC(=O)Nc1ccc([C@@H]2SCC(=O)N2Cc2ccc3c(c2)OCO3)cc1. The van der Waals surface area contributed by atoms with E-state index < -0.39 is 0 Å². The Kier molecular flexibility index (Phi) is 4.46. The Balaban J connectivity index is 1.52. The second kappa shape index (κ2) is 6.92. The average molecular weight is 370 g/mol. The van der Waals surface area contributed by atoms with Crippen LogP contribution in [0.5, 0.6) is 11.5 Å². The van der Waals surface area contributed by atoms with Crippen LogP contribution in [0.4, 0.5) is 5.69 Å². The molecular weight excluding hydrogens is 352 g/mol. The van der Waals surface area contributed by atoms with Crippen molar-refractivity contribution in [2.75, 3.05) is 17.9 Å². The standard InChI is InChI=1S/C19H18N2O4S/c1-12(22)20-15-5-3-14(4-6-15)19-21(18(23)10-26-19)9-13-2-7-16-17(8-13)25-11-24-16/h2-8,19H,9-11H2,1H3,(H,20,22)/t19-/m0/s1. The van der Waals surface area contributed by atoms with Gasteiger partial charge >= 0.3 is 0 Å². The molecule has 2 aromatic rings. The summed E-state index contributed by atoms with van der Waals surface area (Å²) in [5, 5.41) is 2.71. The number of anilines is 1. The van der Waals surface area contributed by atoms with Crippen LogP contribution in [-0.4, -0.2) is 29.3 Å². The van der Waals surface area contributed by atoms with E-state index in [1.54, 1.807) is 11.8 Å². The number of nitrogens with one attached hydrogen (secondary N) is 1. The van der Waals surface area contributed by atoms with Crippen molar-refractivity contribution in [1.82, 2.24) is 4.90 Å². The molecule has 0 saturated carbocycles. The summed E-state index contributed by atoms with van der Waals surface area (Å²) in [6.45, 7) is 2.23. The molecule has 0 bridgehead atoms. The fourth-order valence-electron chi connectivity index (χ4n) is 3.07. The second-order valence-electron chi connectivity index (χ2n) is 6.18. The van der Waals surface area contributed by atoms with Crippen LogP contribution in [0.15, 0.2) is 42.5 Å². The van der Waals surface area contributed by atoms with Crippen molar-refractivity contribution in [3.8, 4) is 11.5 Å². The summed E-state index contributed by atoms with van der Waals surface area (Å²) in [6.07, 6.45) is 0. The summed E-state index contributed by atoms with van der Waals surface area (Å²) in [5.41, 5.74) is 2.79. The molecule has 134 valence electrons. The van der Waals surface area contributed by atoms with Gasteiger partial charge in [-0.2, -0.15) is 0 Å². The molecule has 4 rings (SSSR count). The maximum absolute atomic E-state index is 12.4. The minimum Gasteiger partial charge on any atom is -0.454 e. The van der Waals surface area contributed by atoms with E-state index >= 15 is 0 Å². The van der Waals surface area contributed by atoms with Crippen LogP contribution in [0.3, 0.4) is 0 Å². The Labute approximate surface area is 155 Å². The quantitative estimate of drug-likeness (QED) is 0.895. The zero-order chi connectivity index (χ0) is 18.1. The number of carbonyl (C=O) groups excluding carboxylic acids is 2. The molecule has 2 aliphatic rings. The summed E-state index contributed by atoms with van der Waals surface area (Å²) in [4.78, 5) is 25.4. The van der Waals surface area contributed by atoms with Crippen LogP contribution >= 0.6 is 11.8 Å². The normalized spacial score (nSPS) is 18.3. The molecule has 7 heteroatoms. The highest BCUT2D eigenvalue weighted by molar-refractivity contribution is 8.00. The molecule has 0 aromatic heterocycles. The molecule has 1 N–H and O–H groups in total. The molecule has 2 amide bonds. The smallest absolute Gasteiger partial charge is 0.234 e. The first-order chi connectivity index (χ1) is 12.6. The van der Waals surface area contributed by atoms with Gasteiger partial charge < -0.3 is 19.7 Å². The fraction of sp³-hybridized carbons (Fsp3) is 0.263. The third-order valence-corrected chi connectivity index (χ3v) is 5.53. The van der Waals surface area contributed by atoms with E-state index in [1.165, 1.54) is 6.92 Å². The van der Waals surface area contributed by atoms with Crippen LogP contribution in [0.25, 0.3) is 0 Å². The number of nitrogens with zero attached hydrogens (tertiary/aromatic N) is 1. The lowest BCUT2D eigenvalue weighted by molar-refractivity contribution is -0.128. The van der Waals surface area contributed by atoms with Gasteiger partial charge in [0.05, 0.1) is 5.75 Å². The van der Waals surface area contributed by atoms with E-state index in [-0.39, 0.29) is 24.0 Å². The highest BCUT2D eigenvalue weighted by Crippen LogP contribution is 2.41. The number of rotatable bonds is 4. The van der Waals surface area contributed by atoms with Gasteiger partial charge in [0.2, 0.25) is 18.6 Å². The van der Waals surface area contributed by atoms with Crippen LogP contribution < -0.4 is 14.8 Å². The lowest BCUT2D eigenvalue weighted by Gasteiger charge is -2.24. The molecule has 0 radical (unpaired) electrons. The van der Waals surface area contributed by atoms with Gasteiger partial charge in [0, 0.05) is 19.2 Å². The molecule has 2 aromatic carbocycles. The molecule has 0 spiro atoms. The molecule has 1 saturated heterocycles. The maximum Gasteiger partial charge on any atom is 0.234 e. The molecule has 0 unspecified atom stereocenters.